The quantitative estimate of drug-likeness (QED) is 0.663. The van der Waals surface area contributed by atoms with Gasteiger partial charge >= 0.3 is 5.97 Å². The first-order valence-corrected chi connectivity index (χ1v) is 7.68. The first kappa shape index (κ1) is 14.9. The number of aliphatic carboxylic acids is 1. The van der Waals surface area contributed by atoms with Crippen molar-refractivity contribution in [2.75, 3.05) is 6.16 Å². The van der Waals surface area contributed by atoms with Gasteiger partial charge in [0.2, 0.25) is 0 Å². The number of rotatable bonds is 7. The van der Waals surface area contributed by atoms with Crippen molar-refractivity contribution in [3.05, 3.63) is 35.9 Å². The second-order valence-corrected chi connectivity index (χ2v) is 6.20. The van der Waals surface area contributed by atoms with E-state index >= 15 is 0 Å². The molecule has 0 aromatic heterocycles. The number of unbranched alkanes of at least 4 members (excludes halogenated alkanes) is 1. The molecular formula is C12H18NO4P. The lowest BCUT2D eigenvalue weighted by molar-refractivity contribution is -0.139. The van der Waals surface area contributed by atoms with Crippen molar-refractivity contribution < 1.29 is 19.4 Å². The van der Waals surface area contributed by atoms with Crippen LogP contribution in [0.1, 0.15) is 31.4 Å². The molecule has 0 heterocycles. The van der Waals surface area contributed by atoms with Crippen molar-refractivity contribution in [1.82, 2.24) is 5.09 Å². The second kappa shape index (κ2) is 6.69. The third-order valence-electron chi connectivity index (χ3n) is 2.53. The minimum atomic E-state index is -3.62. The molecule has 0 radical (unpaired) electrons. The van der Waals surface area contributed by atoms with Crippen LogP contribution in [0.5, 0.6) is 0 Å². The van der Waals surface area contributed by atoms with Crippen molar-refractivity contribution in [2.45, 2.75) is 25.8 Å². The summed E-state index contributed by atoms with van der Waals surface area (Å²) in [6.07, 6.45) is 1.46. The number of benzene rings is 1. The van der Waals surface area contributed by atoms with Gasteiger partial charge in [-0.3, -0.25) is 9.36 Å². The lowest BCUT2D eigenvalue weighted by Crippen LogP contribution is -2.27. The summed E-state index contributed by atoms with van der Waals surface area (Å²) in [5.41, 5.74) is 0.468. The molecule has 1 aromatic carbocycles. The van der Waals surface area contributed by atoms with E-state index in [-0.39, 0.29) is 6.16 Å². The average molecular weight is 271 g/mol. The van der Waals surface area contributed by atoms with Crippen molar-refractivity contribution >= 4 is 13.5 Å². The fourth-order valence-corrected chi connectivity index (χ4v) is 3.09. The predicted molar refractivity (Wildman–Crippen MR) is 69.6 cm³/mol. The summed E-state index contributed by atoms with van der Waals surface area (Å²) in [6.45, 7) is 1.91. The number of carboxylic acid groups (broad SMARTS) is 1. The molecule has 0 spiro atoms. The zero-order valence-electron chi connectivity index (χ0n) is 10.2. The van der Waals surface area contributed by atoms with Crippen LogP contribution in [0.3, 0.4) is 0 Å². The molecule has 6 heteroatoms. The molecule has 0 aliphatic carbocycles. The zero-order chi connectivity index (χ0) is 13.6. The molecule has 3 N–H and O–H groups in total. The van der Waals surface area contributed by atoms with E-state index in [4.69, 9.17) is 5.11 Å². The van der Waals surface area contributed by atoms with Gasteiger partial charge in [-0.05, 0) is 12.0 Å². The molecule has 1 aromatic rings. The molecular weight excluding hydrogens is 253 g/mol. The minimum absolute atomic E-state index is 0.0834. The number of nitrogens with one attached hydrogen (secondary N) is 1. The van der Waals surface area contributed by atoms with Gasteiger partial charge in [-0.2, -0.15) is 0 Å². The van der Waals surface area contributed by atoms with E-state index in [0.29, 0.717) is 12.0 Å². The molecule has 5 nitrogen and oxygen atoms in total. The Hall–Kier alpha value is -1.16. The Kier molecular flexibility index (Phi) is 5.54. The number of carboxylic acids is 1. The Morgan fingerprint density at radius 1 is 1.39 bits per heavy atom. The van der Waals surface area contributed by atoms with Crippen LogP contribution in [0.25, 0.3) is 0 Å². The minimum Gasteiger partial charge on any atom is -0.480 e. The smallest absolute Gasteiger partial charge is 0.325 e. The molecule has 2 atom stereocenters. The molecule has 0 aliphatic rings. The second-order valence-electron chi connectivity index (χ2n) is 4.09. The van der Waals surface area contributed by atoms with Crippen LogP contribution < -0.4 is 5.09 Å². The Morgan fingerprint density at radius 3 is 2.50 bits per heavy atom. The molecule has 0 saturated carbocycles. The maximum atomic E-state index is 11.8. The first-order chi connectivity index (χ1) is 8.46. The van der Waals surface area contributed by atoms with E-state index in [9.17, 15) is 14.3 Å². The van der Waals surface area contributed by atoms with E-state index in [1.807, 2.05) is 6.92 Å². The first-order valence-electron chi connectivity index (χ1n) is 5.83. The van der Waals surface area contributed by atoms with E-state index in [1.165, 1.54) is 0 Å². The summed E-state index contributed by atoms with van der Waals surface area (Å²) in [4.78, 5) is 20.9. The molecule has 0 amide bonds. The van der Waals surface area contributed by atoms with Crippen LogP contribution in [-0.2, 0) is 9.36 Å². The highest BCUT2D eigenvalue weighted by Crippen LogP contribution is 2.39. The normalized spacial score (nSPS) is 15.9. The fraction of sp³-hybridized carbons (Fsp3) is 0.417. The summed E-state index contributed by atoms with van der Waals surface area (Å²) >= 11 is 0. The van der Waals surface area contributed by atoms with Gasteiger partial charge in [-0.25, -0.2) is 5.09 Å². The van der Waals surface area contributed by atoms with E-state index in [0.717, 1.165) is 6.42 Å². The largest absolute Gasteiger partial charge is 0.480 e. The Labute approximate surface area is 106 Å². The topological polar surface area (TPSA) is 86.6 Å². The Bertz CT molecular complexity index is 435. The molecule has 0 saturated heterocycles. The number of carbonyl (C=O) groups is 1. The van der Waals surface area contributed by atoms with E-state index < -0.39 is 19.5 Å². The molecule has 0 fully saturated rings. The lowest BCUT2D eigenvalue weighted by atomic mass is 10.1. The lowest BCUT2D eigenvalue weighted by Gasteiger charge is -2.19. The molecule has 2 unspecified atom stereocenters. The summed E-state index contributed by atoms with van der Waals surface area (Å²) in [5, 5.41) is 11.5. The van der Waals surface area contributed by atoms with Gasteiger partial charge in [0, 0.05) is 6.16 Å². The van der Waals surface area contributed by atoms with Gasteiger partial charge < -0.3 is 10.00 Å². The van der Waals surface area contributed by atoms with Crippen molar-refractivity contribution in [2.24, 2.45) is 0 Å². The maximum Gasteiger partial charge on any atom is 0.325 e. The van der Waals surface area contributed by atoms with Gasteiger partial charge in [0.15, 0.2) is 0 Å². The average Bonchev–Trinajstić information content (AvgIpc) is 2.34. The molecule has 0 aliphatic heterocycles. The van der Waals surface area contributed by atoms with Crippen LogP contribution in [0, 0.1) is 0 Å². The third-order valence-corrected chi connectivity index (χ3v) is 4.11. The van der Waals surface area contributed by atoms with Crippen LogP contribution in [0.4, 0.5) is 0 Å². The van der Waals surface area contributed by atoms with Crippen molar-refractivity contribution in [3.63, 3.8) is 0 Å². The number of hydrogen-bond acceptors (Lipinski definition) is 2. The van der Waals surface area contributed by atoms with Gasteiger partial charge in [0.25, 0.3) is 7.52 Å². The van der Waals surface area contributed by atoms with Gasteiger partial charge in [0.1, 0.15) is 6.04 Å². The fourth-order valence-electron chi connectivity index (χ4n) is 1.56. The molecule has 1 rings (SSSR count). The monoisotopic (exact) mass is 271 g/mol. The van der Waals surface area contributed by atoms with Gasteiger partial charge in [-0.15, -0.1) is 0 Å². The van der Waals surface area contributed by atoms with Gasteiger partial charge in [0.05, 0.1) is 0 Å². The summed E-state index contributed by atoms with van der Waals surface area (Å²) in [7, 11) is -3.62. The van der Waals surface area contributed by atoms with Gasteiger partial charge in [-0.1, -0.05) is 43.7 Å². The summed E-state index contributed by atoms with van der Waals surface area (Å²) in [5.74, 6) is -1.16. The highest BCUT2D eigenvalue weighted by molar-refractivity contribution is 7.55. The Morgan fingerprint density at radius 2 is 2.00 bits per heavy atom. The van der Waals surface area contributed by atoms with E-state index in [1.54, 1.807) is 30.3 Å². The molecule has 0 bridgehead atoms. The highest BCUT2D eigenvalue weighted by atomic mass is 31.2. The van der Waals surface area contributed by atoms with Crippen LogP contribution >= 0.6 is 7.52 Å². The van der Waals surface area contributed by atoms with E-state index in [2.05, 4.69) is 5.09 Å². The van der Waals surface area contributed by atoms with Crippen LogP contribution in [0.15, 0.2) is 30.3 Å². The highest BCUT2D eigenvalue weighted by Gasteiger charge is 2.28. The van der Waals surface area contributed by atoms with Crippen LogP contribution in [0.2, 0.25) is 0 Å². The SMILES string of the molecule is CCCCP(=O)(O)NC(C(=O)O)c1ccccc1. The van der Waals surface area contributed by atoms with Crippen molar-refractivity contribution in [1.29, 1.82) is 0 Å². The maximum absolute atomic E-state index is 11.8. The Balaban J connectivity index is 2.82. The number of hydrogen-bond donors (Lipinski definition) is 3. The standard InChI is InChI=1S/C12H18NO4P/c1-2-3-9-18(16,17)13-11(12(14)15)10-7-5-4-6-8-10/h4-8,11H,2-3,9H2,1H3,(H,14,15)(H2,13,16,17). The zero-order valence-corrected chi connectivity index (χ0v) is 11.1. The van der Waals surface area contributed by atoms with Crippen molar-refractivity contribution in [3.8, 4) is 0 Å². The third kappa shape index (κ3) is 4.61. The summed E-state index contributed by atoms with van der Waals surface area (Å²) in [6, 6.07) is 7.23. The molecule has 100 valence electrons. The molecule has 18 heavy (non-hydrogen) atoms. The predicted octanol–water partition coefficient (Wildman–Crippen LogP) is 2.39. The summed E-state index contributed by atoms with van der Waals surface area (Å²) < 4.78 is 11.8. The van der Waals surface area contributed by atoms with Crippen LogP contribution in [-0.4, -0.2) is 22.1 Å².